The Labute approximate surface area is 91.3 Å². The molecule has 2 bridgehead atoms. The van der Waals surface area contributed by atoms with E-state index in [9.17, 15) is 8.42 Å². The van der Waals surface area contributed by atoms with Crippen molar-refractivity contribution in [3.8, 4) is 0 Å². The summed E-state index contributed by atoms with van der Waals surface area (Å²) in [4.78, 5) is 2.33. The van der Waals surface area contributed by atoms with Crippen LogP contribution in [-0.2, 0) is 10.0 Å². The lowest BCUT2D eigenvalue weighted by molar-refractivity contribution is 0.0262. The fourth-order valence-electron chi connectivity index (χ4n) is 2.72. The molecule has 3 aliphatic heterocycles. The maximum absolute atomic E-state index is 11.5. The molecule has 6 heteroatoms. The first-order valence-electron chi connectivity index (χ1n) is 5.43. The zero-order valence-corrected chi connectivity index (χ0v) is 9.91. The quantitative estimate of drug-likeness (QED) is 0.683. The highest BCUT2D eigenvalue weighted by molar-refractivity contribution is 7.88. The summed E-state index contributed by atoms with van der Waals surface area (Å²) in [6.45, 7) is 3.05. The van der Waals surface area contributed by atoms with Crippen LogP contribution in [0.15, 0.2) is 0 Å². The third kappa shape index (κ3) is 2.18. The van der Waals surface area contributed by atoms with E-state index in [0.29, 0.717) is 19.1 Å². The molecule has 3 aliphatic rings. The largest absolute Gasteiger partial charge is 0.329 e. The van der Waals surface area contributed by atoms with Gasteiger partial charge in [0.15, 0.2) is 0 Å². The van der Waals surface area contributed by atoms with E-state index >= 15 is 0 Å². The monoisotopic (exact) mass is 233 g/mol. The van der Waals surface area contributed by atoms with Crippen molar-refractivity contribution in [2.24, 2.45) is 5.73 Å². The predicted molar refractivity (Wildman–Crippen MR) is 59.0 cm³/mol. The zero-order chi connectivity index (χ0) is 11.1. The van der Waals surface area contributed by atoms with Gasteiger partial charge >= 0.3 is 0 Å². The van der Waals surface area contributed by atoms with Crippen molar-refractivity contribution in [2.45, 2.75) is 24.9 Å². The van der Waals surface area contributed by atoms with Crippen LogP contribution in [0.1, 0.15) is 12.8 Å². The first-order valence-corrected chi connectivity index (χ1v) is 7.28. The molecule has 3 rings (SSSR count). The van der Waals surface area contributed by atoms with Gasteiger partial charge in [-0.1, -0.05) is 0 Å². The van der Waals surface area contributed by atoms with E-state index in [2.05, 4.69) is 4.90 Å². The second-order valence-corrected chi connectivity index (χ2v) is 6.44. The van der Waals surface area contributed by atoms with Crippen LogP contribution in [0, 0.1) is 0 Å². The molecule has 0 unspecified atom stereocenters. The van der Waals surface area contributed by atoms with Gasteiger partial charge in [0.1, 0.15) is 0 Å². The Morgan fingerprint density at radius 1 is 1.27 bits per heavy atom. The smallest absolute Gasteiger partial charge is 0.211 e. The summed E-state index contributed by atoms with van der Waals surface area (Å²) in [7, 11) is -3.02. The van der Waals surface area contributed by atoms with Gasteiger partial charge in [0.05, 0.1) is 6.26 Å². The highest BCUT2D eigenvalue weighted by atomic mass is 32.2. The second kappa shape index (κ2) is 4.01. The highest BCUT2D eigenvalue weighted by Crippen LogP contribution is 2.29. The summed E-state index contributed by atoms with van der Waals surface area (Å²) < 4.78 is 24.7. The van der Waals surface area contributed by atoms with Gasteiger partial charge in [-0.05, 0) is 12.8 Å². The lowest BCUT2D eigenvalue weighted by Crippen LogP contribution is -2.64. The molecule has 5 nitrogen and oxygen atoms in total. The molecule has 15 heavy (non-hydrogen) atoms. The lowest BCUT2D eigenvalue weighted by atomic mass is 9.93. The molecule has 0 aromatic carbocycles. The Balaban J connectivity index is 2.09. The molecule has 0 aromatic rings. The second-order valence-electron chi connectivity index (χ2n) is 4.50. The van der Waals surface area contributed by atoms with E-state index in [4.69, 9.17) is 5.73 Å². The third-order valence-corrected chi connectivity index (χ3v) is 4.73. The van der Waals surface area contributed by atoms with Crippen LogP contribution in [-0.4, -0.2) is 62.1 Å². The van der Waals surface area contributed by atoms with Crippen LogP contribution in [0.2, 0.25) is 0 Å². The number of nitrogens with zero attached hydrogens (tertiary/aromatic N) is 2. The minimum atomic E-state index is -3.02. The van der Waals surface area contributed by atoms with E-state index in [1.165, 1.54) is 6.26 Å². The number of fused-ring (bicyclic) bond motifs is 3. The van der Waals surface area contributed by atoms with E-state index in [1.807, 2.05) is 0 Å². The molecular formula is C9H19N3O2S. The van der Waals surface area contributed by atoms with Gasteiger partial charge in [-0.15, -0.1) is 0 Å². The van der Waals surface area contributed by atoms with Crippen molar-refractivity contribution in [1.29, 1.82) is 0 Å². The molecule has 88 valence electrons. The first-order chi connectivity index (χ1) is 7.02. The van der Waals surface area contributed by atoms with E-state index in [1.54, 1.807) is 4.31 Å². The standard InChI is InChI=1S/C9H19N3O2S/c1-15(13,14)12-7-8-2-3-9(12)6-11(8)5-4-10/h8-9H,2-7,10H2,1H3/t8-,9-/m1/s1. The molecular weight excluding hydrogens is 214 g/mol. The summed E-state index contributed by atoms with van der Waals surface area (Å²) in [5, 5.41) is 0. The van der Waals surface area contributed by atoms with Crippen LogP contribution in [0.5, 0.6) is 0 Å². The van der Waals surface area contributed by atoms with Gasteiger partial charge in [0, 0.05) is 38.3 Å². The van der Waals surface area contributed by atoms with E-state index < -0.39 is 10.0 Å². The number of nitrogens with two attached hydrogens (primary N) is 1. The molecule has 3 heterocycles. The summed E-state index contributed by atoms with van der Waals surface area (Å²) in [6.07, 6.45) is 3.41. The molecule has 0 radical (unpaired) electrons. The fourth-order valence-corrected chi connectivity index (χ4v) is 3.88. The average Bonchev–Trinajstić information content (AvgIpc) is 2.17. The van der Waals surface area contributed by atoms with Crippen molar-refractivity contribution in [3.05, 3.63) is 0 Å². The Morgan fingerprint density at radius 2 is 1.93 bits per heavy atom. The molecule has 2 atom stereocenters. The van der Waals surface area contributed by atoms with Gasteiger partial charge in [-0.2, -0.15) is 4.31 Å². The van der Waals surface area contributed by atoms with Crippen molar-refractivity contribution in [2.75, 3.05) is 32.4 Å². The summed E-state index contributed by atoms with van der Waals surface area (Å²) >= 11 is 0. The zero-order valence-electron chi connectivity index (χ0n) is 9.09. The molecule has 0 saturated carbocycles. The normalized spacial score (nSPS) is 33.5. The van der Waals surface area contributed by atoms with Crippen LogP contribution < -0.4 is 5.73 Å². The van der Waals surface area contributed by atoms with Crippen molar-refractivity contribution >= 4 is 10.0 Å². The number of piperidine rings is 2. The molecule has 0 spiro atoms. The predicted octanol–water partition coefficient (Wildman–Crippen LogP) is -0.947. The van der Waals surface area contributed by atoms with Gasteiger partial charge in [-0.25, -0.2) is 8.42 Å². The number of piperazine rings is 1. The minimum Gasteiger partial charge on any atom is -0.329 e. The van der Waals surface area contributed by atoms with Crippen LogP contribution in [0.4, 0.5) is 0 Å². The number of sulfonamides is 1. The Bertz CT molecular complexity index is 330. The van der Waals surface area contributed by atoms with Crippen LogP contribution in [0.25, 0.3) is 0 Å². The Kier molecular flexibility index (Phi) is 3.03. The molecule has 3 fully saturated rings. The van der Waals surface area contributed by atoms with Gasteiger partial charge in [0.2, 0.25) is 10.0 Å². The molecule has 0 aromatic heterocycles. The maximum atomic E-state index is 11.5. The van der Waals surface area contributed by atoms with Gasteiger partial charge in [0.25, 0.3) is 0 Å². The minimum absolute atomic E-state index is 0.177. The maximum Gasteiger partial charge on any atom is 0.211 e. The van der Waals surface area contributed by atoms with Crippen LogP contribution >= 0.6 is 0 Å². The van der Waals surface area contributed by atoms with E-state index in [-0.39, 0.29) is 6.04 Å². The van der Waals surface area contributed by atoms with Crippen molar-refractivity contribution in [1.82, 2.24) is 9.21 Å². The molecule has 2 N–H and O–H groups in total. The number of hydrogen-bond donors (Lipinski definition) is 1. The van der Waals surface area contributed by atoms with Crippen molar-refractivity contribution < 1.29 is 8.42 Å². The highest BCUT2D eigenvalue weighted by Gasteiger charge is 2.42. The summed E-state index contributed by atoms with van der Waals surface area (Å²) in [6, 6.07) is 0.560. The molecule has 0 amide bonds. The number of rotatable bonds is 3. The van der Waals surface area contributed by atoms with Gasteiger partial charge < -0.3 is 5.73 Å². The Morgan fingerprint density at radius 3 is 2.40 bits per heavy atom. The average molecular weight is 233 g/mol. The summed E-state index contributed by atoms with van der Waals surface area (Å²) in [5.74, 6) is 0. The van der Waals surface area contributed by atoms with Gasteiger partial charge in [-0.3, -0.25) is 4.90 Å². The van der Waals surface area contributed by atoms with E-state index in [0.717, 1.165) is 25.9 Å². The number of hydrogen-bond acceptors (Lipinski definition) is 4. The molecule has 3 saturated heterocycles. The Hall–Kier alpha value is -0.170. The fraction of sp³-hybridized carbons (Fsp3) is 1.00. The van der Waals surface area contributed by atoms with Crippen molar-refractivity contribution in [3.63, 3.8) is 0 Å². The lowest BCUT2D eigenvalue weighted by Gasteiger charge is -2.50. The molecule has 0 aliphatic carbocycles. The van der Waals surface area contributed by atoms with Crippen LogP contribution in [0.3, 0.4) is 0 Å². The topological polar surface area (TPSA) is 66.6 Å². The first kappa shape index (κ1) is 11.3. The third-order valence-electron chi connectivity index (χ3n) is 3.44. The summed E-state index contributed by atoms with van der Waals surface area (Å²) in [5.41, 5.74) is 5.54. The SMILES string of the molecule is CS(=O)(=O)N1C[C@H]2CC[C@@H]1CN2CCN.